The molecule has 0 aliphatic rings. The molecule has 3 rings (SSSR count). The molecule has 0 fully saturated rings. The van der Waals surface area contributed by atoms with Crippen molar-refractivity contribution in [2.24, 2.45) is 5.73 Å². The summed E-state index contributed by atoms with van der Waals surface area (Å²) in [4.78, 5) is 17.4. The van der Waals surface area contributed by atoms with Crippen LogP contribution in [0.15, 0.2) is 30.5 Å². The standard InChI is InChI=1S/C23H27F2N3O4S/c1-14-11-21(32-13-17-18(24)5-4-6-19(17)25)23-27-15(2)22(28(23)12-14)20(29)8-7-16(26)9-10-33(3,30)31/h4-6,11-12,16H,7-10,13,26H2,1-3H3. The lowest BCUT2D eigenvalue weighted by Gasteiger charge is -2.12. The minimum Gasteiger partial charge on any atom is -0.485 e. The quantitative estimate of drug-likeness (QED) is 0.446. The summed E-state index contributed by atoms with van der Waals surface area (Å²) in [5, 5.41) is 0. The zero-order valence-electron chi connectivity index (χ0n) is 18.8. The molecule has 0 aliphatic carbocycles. The summed E-state index contributed by atoms with van der Waals surface area (Å²) < 4.78 is 57.9. The van der Waals surface area contributed by atoms with Gasteiger partial charge in [-0.2, -0.15) is 0 Å². The highest BCUT2D eigenvalue weighted by Crippen LogP contribution is 2.26. The summed E-state index contributed by atoms with van der Waals surface area (Å²) in [6.45, 7) is 3.17. The van der Waals surface area contributed by atoms with Crippen molar-refractivity contribution < 1.29 is 26.7 Å². The van der Waals surface area contributed by atoms with Crippen molar-refractivity contribution in [1.82, 2.24) is 9.38 Å². The topological polar surface area (TPSA) is 104 Å². The van der Waals surface area contributed by atoms with Crippen LogP contribution in [-0.2, 0) is 16.4 Å². The smallest absolute Gasteiger partial charge is 0.181 e. The number of rotatable bonds is 10. The Labute approximate surface area is 191 Å². The van der Waals surface area contributed by atoms with Crippen molar-refractivity contribution in [3.63, 3.8) is 0 Å². The van der Waals surface area contributed by atoms with E-state index in [4.69, 9.17) is 10.5 Å². The Kier molecular flexibility index (Phi) is 7.48. The summed E-state index contributed by atoms with van der Waals surface area (Å²) in [5.74, 6) is -1.34. The lowest BCUT2D eigenvalue weighted by atomic mass is 10.1. The fourth-order valence-electron chi connectivity index (χ4n) is 3.56. The van der Waals surface area contributed by atoms with Gasteiger partial charge in [0.15, 0.2) is 17.2 Å². The van der Waals surface area contributed by atoms with E-state index in [-0.39, 0.29) is 36.5 Å². The highest BCUT2D eigenvalue weighted by molar-refractivity contribution is 7.90. The monoisotopic (exact) mass is 479 g/mol. The van der Waals surface area contributed by atoms with Crippen molar-refractivity contribution in [1.29, 1.82) is 0 Å². The number of nitrogens with zero attached hydrogens (tertiary/aromatic N) is 2. The SMILES string of the molecule is Cc1cc(OCc2c(F)cccc2F)c2nc(C)c(C(=O)CCC(N)CCS(C)(=O)=O)n2c1. The average molecular weight is 480 g/mol. The third-order valence-corrected chi connectivity index (χ3v) is 6.27. The van der Waals surface area contributed by atoms with Gasteiger partial charge in [-0.05, 0) is 50.5 Å². The maximum absolute atomic E-state index is 14.0. The van der Waals surface area contributed by atoms with Gasteiger partial charge in [0.25, 0.3) is 0 Å². The molecule has 33 heavy (non-hydrogen) atoms. The highest BCUT2D eigenvalue weighted by atomic mass is 32.2. The molecule has 0 bridgehead atoms. The molecule has 1 aromatic carbocycles. The lowest BCUT2D eigenvalue weighted by molar-refractivity contribution is 0.0971. The van der Waals surface area contributed by atoms with Crippen LogP contribution in [0.2, 0.25) is 0 Å². The number of sulfone groups is 1. The molecule has 3 aromatic rings. The molecule has 2 N–H and O–H groups in total. The first kappa shape index (κ1) is 24.8. The van der Waals surface area contributed by atoms with Gasteiger partial charge >= 0.3 is 0 Å². The second-order valence-electron chi connectivity index (χ2n) is 8.25. The van der Waals surface area contributed by atoms with E-state index in [1.54, 1.807) is 30.5 Å². The summed E-state index contributed by atoms with van der Waals surface area (Å²) >= 11 is 0. The lowest BCUT2D eigenvalue weighted by Crippen LogP contribution is -2.24. The Bertz CT molecular complexity index is 1270. The third kappa shape index (κ3) is 6.14. The molecular weight excluding hydrogens is 452 g/mol. The Balaban J connectivity index is 1.81. The van der Waals surface area contributed by atoms with Crippen LogP contribution in [0.1, 0.15) is 46.6 Å². The summed E-state index contributed by atoms with van der Waals surface area (Å²) in [6, 6.07) is 4.87. The fourth-order valence-corrected chi connectivity index (χ4v) is 4.30. The summed E-state index contributed by atoms with van der Waals surface area (Å²) in [5.41, 5.74) is 7.76. The molecule has 1 unspecified atom stereocenters. The summed E-state index contributed by atoms with van der Waals surface area (Å²) in [7, 11) is -3.12. The maximum Gasteiger partial charge on any atom is 0.181 e. The van der Waals surface area contributed by atoms with Crippen molar-refractivity contribution >= 4 is 21.3 Å². The number of fused-ring (bicyclic) bond motifs is 1. The zero-order chi connectivity index (χ0) is 24.3. The first-order valence-corrected chi connectivity index (χ1v) is 12.5. The number of Topliss-reactive ketones (excluding diaryl/α,β-unsaturated/α-hetero) is 1. The number of ketones is 1. The zero-order valence-corrected chi connectivity index (χ0v) is 19.6. The van der Waals surface area contributed by atoms with Gasteiger partial charge in [-0.15, -0.1) is 0 Å². The van der Waals surface area contributed by atoms with Gasteiger partial charge < -0.3 is 10.5 Å². The van der Waals surface area contributed by atoms with Crippen molar-refractivity contribution in [3.05, 3.63) is 64.6 Å². The maximum atomic E-state index is 14.0. The van der Waals surface area contributed by atoms with Gasteiger partial charge in [0, 0.05) is 24.9 Å². The van der Waals surface area contributed by atoms with Gasteiger partial charge in [0.1, 0.15) is 33.8 Å². The first-order chi connectivity index (χ1) is 15.5. The van der Waals surface area contributed by atoms with E-state index in [2.05, 4.69) is 4.98 Å². The number of ether oxygens (including phenoxy) is 1. The Morgan fingerprint density at radius 2 is 1.88 bits per heavy atom. The number of pyridine rings is 1. The van der Waals surface area contributed by atoms with E-state index in [1.807, 2.05) is 0 Å². The van der Waals surface area contributed by atoms with Gasteiger partial charge in [-0.25, -0.2) is 22.2 Å². The van der Waals surface area contributed by atoms with E-state index in [0.29, 0.717) is 29.2 Å². The molecule has 1 atom stereocenters. The fraction of sp³-hybridized carbons (Fsp3) is 0.391. The number of halogens is 2. The number of carbonyl (C=O) groups excluding carboxylic acids is 1. The van der Waals surface area contributed by atoms with Crippen LogP contribution in [0.3, 0.4) is 0 Å². The molecule has 0 spiro atoms. The number of hydrogen-bond donors (Lipinski definition) is 1. The third-order valence-electron chi connectivity index (χ3n) is 5.30. The van der Waals surface area contributed by atoms with E-state index in [1.165, 1.54) is 6.07 Å². The summed E-state index contributed by atoms with van der Waals surface area (Å²) in [6.07, 6.45) is 3.63. The molecule has 0 aliphatic heterocycles. The molecule has 2 heterocycles. The first-order valence-electron chi connectivity index (χ1n) is 10.5. The van der Waals surface area contributed by atoms with Gasteiger partial charge in [-0.1, -0.05) is 6.07 Å². The Morgan fingerprint density at radius 1 is 1.21 bits per heavy atom. The van der Waals surface area contributed by atoms with E-state index < -0.39 is 27.5 Å². The Hall–Kier alpha value is -2.85. The van der Waals surface area contributed by atoms with Crippen LogP contribution in [0.4, 0.5) is 8.78 Å². The molecular formula is C23H27F2N3O4S. The molecule has 0 radical (unpaired) electrons. The number of carbonyl (C=O) groups is 1. The number of aromatic nitrogens is 2. The normalized spacial score (nSPS) is 12.8. The average Bonchev–Trinajstić information content (AvgIpc) is 3.05. The predicted octanol–water partition coefficient (Wildman–Crippen LogP) is 3.53. The van der Waals surface area contributed by atoms with E-state index in [9.17, 15) is 22.0 Å². The molecule has 0 amide bonds. The predicted molar refractivity (Wildman–Crippen MR) is 121 cm³/mol. The van der Waals surface area contributed by atoms with Crippen LogP contribution >= 0.6 is 0 Å². The minimum absolute atomic E-state index is 0.0283. The van der Waals surface area contributed by atoms with Crippen LogP contribution in [0.5, 0.6) is 5.75 Å². The van der Waals surface area contributed by atoms with Gasteiger partial charge in [0.05, 0.1) is 17.0 Å². The van der Waals surface area contributed by atoms with Crippen molar-refractivity contribution in [3.8, 4) is 5.75 Å². The number of aryl methyl sites for hydroxylation is 2. The molecule has 10 heteroatoms. The van der Waals surface area contributed by atoms with E-state index >= 15 is 0 Å². The minimum atomic E-state index is -3.12. The van der Waals surface area contributed by atoms with Crippen LogP contribution in [-0.4, -0.2) is 41.6 Å². The van der Waals surface area contributed by atoms with Crippen LogP contribution < -0.4 is 10.5 Å². The number of hydrogen-bond acceptors (Lipinski definition) is 6. The molecule has 178 valence electrons. The second-order valence-corrected chi connectivity index (χ2v) is 10.5. The van der Waals surface area contributed by atoms with Gasteiger partial charge in [-0.3, -0.25) is 9.20 Å². The molecule has 7 nitrogen and oxygen atoms in total. The second kappa shape index (κ2) is 9.96. The molecule has 0 saturated carbocycles. The number of nitrogens with two attached hydrogens (primary N) is 1. The Morgan fingerprint density at radius 3 is 2.52 bits per heavy atom. The van der Waals surface area contributed by atoms with Crippen LogP contribution in [0.25, 0.3) is 5.65 Å². The van der Waals surface area contributed by atoms with Crippen LogP contribution in [0, 0.1) is 25.5 Å². The van der Waals surface area contributed by atoms with Gasteiger partial charge in [0.2, 0.25) is 0 Å². The number of benzene rings is 1. The highest BCUT2D eigenvalue weighted by Gasteiger charge is 2.21. The largest absolute Gasteiger partial charge is 0.485 e. The van der Waals surface area contributed by atoms with E-state index in [0.717, 1.165) is 24.0 Å². The van der Waals surface area contributed by atoms with Crippen molar-refractivity contribution in [2.75, 3.05) is 12.0 Å². The molecule has 0 saturated heterocycles. The molecule has 2 aromatic heterocycles. The number of imidazole rings is 1. The van der Waals surface area contributed by atoms with Crippen molar-refractivity contribution in [2.45, 2.75) is 45.8 Å².